The second kappa shape index (κ2) is 11.8. The summed E-state index contributed by atoms with van der Waals surface area (Å²) in [5.41, 5.74) is 6.13. The van der Waals surface area contributed by atoms with E-state index in [1.54, 1.807) is 24.3 Å². The van der Waals surface area contributed by atoms with Crippen LogP contribution in [-0.2, 0) is 11.4 Å². The second-order valence-corrected chi connectivity index (χ2v) is 9.65. The van der Waals surface area contributed by atoms with E-state index in [0.29, 0.717) is 22.0 Å². The zero-order chi connectivity index (χ0) is 27.2. The number of para-hydroxylation sites is 2. The van der Waals surface area contributed by atoms with E-state index < -0.39 is 0 Å². The zero-order valence-electron chi connectivity index (χ0n) is 21.3. The van der Waals surface area contributed by atoms with Crippen molar-refractivity contribution in [3.63, 3.8) is 0 Å². The SMILES string of the molecule is Cc1ccc(OCc2nnc(SCC(=O)N/N=C\c3coc4ccccc4c3=O)n2-c2ccccc2)cc1C. The number of nitrogens with zero attached hydrogens (tertiary/aromatic N) is 4. The fraction of sp³-hybridized carbons (Fsp3) is 0.138. The van der Waals surface area contributed by atoms with Crippen LogP contribution in [0.5, 0.6) is 5.75 Å². The number of carbonyl (C=O) groups is 1. The van der Waals surface area contributed by atoms with Crippen LogP contribution in [0.15, 0.2) is 98.5 Å². The molecule has 0 bridgehead atoms. The average molecular weight is 540 g/mol. The predicted octanol–water partition coefficient (Wildman–Crippen LogP) is 4.81. The molecule has 0 saturated heterocycles. The standard InChI is InChI=1S/C29H25N5O4S/c1-19-12-13-23(14-20(19)2)37-17-26-31-33-29(34(26)22-8-4-3-5-9-22)39-18-27(35)32-30-15-21-16-38-25-11-7-6-10-24(25)28(21)36/h3-16H,17-18H2,1-2H3,(H,32,35)/b30-15-. The molecule has 2 aromatic heterocycles. The lowest BCUT2D eigenvalue weighted by Gasteiger charge is -2.11. The molecule has 0 unspecified atom stereocenters. The number of fused-ring (bicyclic) bond motifs is 1. The van der Waals surface area contributed by atoms with E-state index in [-0.39, 0.29) is 29.3 Å². The first-order valence-electron chi connectivity index (χ1n) is 12.1. The number of benzene rings is 3. The summed E-state index contributed by atoms with van der Waals surface area (Å²) in [4.78, 5) is 25.1. The van der Waals surface area contributed by atoms with Crippen LogP contribution in [-0.4, -0.2) is 32.6 Å². The van der Waals surface area contributed by atoms with Gasteiger partial charge in [-0.1, -0.05) is 48.2 Å². The fourth-order valence-corrected chi connectivity index (χ4v) is 4.56. The number of nitrogens with one attached hydrogen (secondary N) is 1. The van der Waals surface area contributed by atoms with E-state index in [2.05, 4.69) is 27.6 Å². The minimum atomic E-state index is -0.364. The number of rotatable bonds is 9. The fourth-order valence-electron chi connectivity index (χ4n) is 3.79. The van der Waals surface area contributed by atoms with Gasteiger partial charge < -0.3 is 9.15 Å². The van der Waals surface area contributed by atoms with E-state index in [1.807, 2.05) is 60.0 Å². The third-order valence-electron chi connectivity index (χ3n) is 5.99. The molecule has 10 heteroatoms. The first-order valence-corrected chi connectivity index (χ1v) is 13.1. The predicted molar refractivity (Wildman–Crippen MR) is 151 cm³/mol. The van der Waals surface area contributed by atoms with Crippen LogP contribution in [0.3, 0.4) is 0 Å². The van der Waals surface area contributed by atoms with Crippen molar-refractivity contribution in [2.45, 2.75) is 25.6 Å². The number of hydrogen-bond acceptors (Lipinski definition) is 8. The van der Waals surface area contributed by atoms with Crippen LogP contribution in [0.25, 0.3) is 16.7 Å². The van der Waals surface area contributed by atoms with Gasteiger partial charge in [-0.05, 0) is 61.4 Å². The van der Waals surface area contributed by atoms with Crippen molar-refractivity contribution in [1.82, 2.24) is 20.2 Å². The largest absolute Gasteiger partial charge is 0.486 e. The summed E-state index contributed by atoms with van der Waals surface area (Å²) >= 11 is 1.22. The minimum Gasteiger partial charge on any atom is -0.486 e. The topological polar surface area (TPSA) is 112 Å². The summed E-state index contributed by atoms with van der Waals surface area (Å²) in [6.07, 6.45) is 2.59. The van der Waals surface area contributed by atoms with Crippen molar-refractivity contribution in [2.24, 2.45) is 5.10 Å². The summed E-state index contributed by atoms with van der Waals surface area (Å²) in [7, 11) is 0. The number of hydrogen-bond donors (Lipinski definition) is 1. The summed E-state index contributed by atoms with van der Waals surface area (Å²) in [6, 6.07) is 22.5. The Balaban J connectivity index is 1.26. The van der Waals surface area contributed by atoms with Crippen LogP contribution < -0.4 is 15.6 Å². The molecular formula is C29H25N5O4S. The Kier molecular flexibility index (Phi) is 7.83. The Labute approximate surface area is 228 Å². The van der Waals surface area contributed by atoms with Gasteiger partial charge in [-0.25, -0.2) is 5.43 Å². The molecule has 5 aromatic rings. The van der Waals surface area contributed by atoms with E-state index in [0.717, 1.165) is 17.0 Å². The molecule has 2 heterocycles. The van der Waals surface area contributed by atoms with Gasteiger partial charge in [0.15, 0.2) is 11.0 Å². The molecule has 0 radical (unpaired) electrons. The van der Waals surface area contributed by atoms with Crippen LogP contribution in [0.2, 0.25) is 0 Å². The summed E-state index contributed by atoms with van der Waals surface area (Å²) < 4.78 is 13.3. The van der Waals surface area contributed by atoms with Crippen molar-refractivity contribution in [3.05, 3.63) is 112 Å². The molecule has 3 aromatic carbocycles. The maximum absolute atomic E-state index is 12.6. The lowest BCUT2D eigenvalue weighted by molar-refractivity contribution is -0.118. The first kappa shape index (κ1) is 25.9. The molecule has 0 aliphatic heterocycles. The van der Waals surface area contributed by atoms with Crippen molar-refractivity contribution in [1.29, 1.82) is 0 Å². The van der Waals surface area contributed by atoms with Gasteiger partial charge in [-0.2, -0.15) is 5.10 Å². The van der Waals surface area contributed by atoms with Crippen LogP contribution in [0.1, 0.15) is 22.5 Å². The summed E-state index contributed by atoms with van der Waals surface area (Å²) in [6.45, 7) is 4.29. The molecule has 0 atom stereocenters. The molecular weight excluding hydrogens is 514 g/mol. The molecule has 0 aliphatic rings. The van der Waals surface area contributed by atoms with Crippen molar-refractivity contribution in [2.75, 3.05) is 5.75 Å². The van der Waals surface area contributed by atoms with Gasteiger partial charge in [0.1, 0.15) is 24.2 Å². The Hall–Kier alpha value is -4.70. The molecule has 196 valence electrons. The zero-order valence-corrected chi connectivity index (χ0v) is 22.1. The molecule has 0 fully saturated rings. The number of aromatic nitrogens is 3. The summed E-state index contributed by atoms with van der Waals surface area (Å²) in [5.74, 6) is 1.01. The van der Waals surface area contributed by atoms with Crippen LogP contribution in [0.4, 0.5) is 0 Å². The molecule has 39 heavy (non-hydrogen) atoms. The highest BCUT2D eigenvalue weighted by molar-refractivity contribution is 7.99. The van der Waals surface area contributed by atoms with Crippen molar-refractivity contribution >= 4 is 34.9 Å². The van der Waals surface area contributed by atoms with E-state index >= 15 is 0 Å². The lowest BCUT2D eigenvalue weighted by Crippen LogP contribution is -2.20. The average Bonchev–Trinajstić information content (AvgIpc) is 3.37. The van der Waals surface area contributed by atoms with Crippen LogP contribution in [0, 0.1) is 13.8 Å². The van der Waals surface area contributed by atoms with Crippen LogP contribution >= 0.6 is 11.8 Å². The van der Waals surface area contributed by atoms with Gasteiger partial charge in [0.25, 0.3) is 5.91 Å². The molecule has 1 N–H and O–H groups in total. The number of aryl methyl sites for hydroxylation is 2. The first-order chi connectivity index (χ1) is 19.0. The van der Waals surface area contributed by atoms with E-state index in [1.165, 1.54) is 29.8 Å². The van der Waals surface area contributed by atoms with Gasteiger partial charge in [0, 0.05) is 5.69 Å². The Bertz CT molecular complexity index is 1710. The Morgan fingerprint density at radius 1 is 1.05 bits per heavy atom. The number of carbonyl (C=O) groups excluding carboxylic acids is 1. The Morgan fingerprint density at radius 3 is 2.67 bits per heavy atom. The monoisotopic (exact) mass is 539 g/mol. The van der Waals surface area contributed by atoms with Gasteiger partial charge in [-0.15, -0.1) is 10.2 Å². The molecule has 1 amide bonds. The third-order valence-corrected chi connectivity index (χ3v) is 6.92. The number of hydrazone groups is 1. The number of ether oxygens (including phenoxy) is 1. The minimum absolute atomic E-state index is 0.0344. The molecule has 5 rings (SSSR count). The smallest absolute Gasteiger partial charge is 0.250 e. The highest BCUT2D eigenvalue weighted by Crippen LogP contribution is 2.24. The highest BCUT2D eigenvalue weighted by atomic mass is 32.2. The summed E-state index contributed by atoms with van der Waals surface area (Å²) in [5, 5.41) is 13.5. The van der Waals surface area contributed by atoms with Crippen molar-refractivity contribution in [3.8, 4) is 11.4 Å². The number of amides is 1. The highest BCUT2D eigenvalue weighted by Gasteiger charge is 2.16. The van der Waals surface area contributed by atoms with Crippen molar-refractivity contribution < 1.29 is 13.9 Å². The van der Waals surface area contributed by atoms with E-state index in [4.69, 9.17) is 9.15 Å². The van der Waals surface area contributed by atoms with Gasteiger partial charge in [-0.3, -0.25) is 14.2 Å². The molecule has 0 spiro atoms. The lowest BCUT2D eigenvalue weighted by atomic mass is 10.1. The maximum atomic E-state index is 12.6. The number of thioether (sulfide) groups is 1. The van der Waals surface area contributed by atoms with Gasteiger partial charge in [0.2, 0.25) is 5.43 Å². The molecule has 9 nitrogen and oxygen atoms in total. The molecule has 0 aliphatic carbocycles. The Morgan fingerprint density at radius 2 is 1.85 bits per heavy atom. The van der Waals surface area contributed by atoms with Gasteiger partial charge in [0.05, 0.1) is 22.9 Å². The maximum Gasteiger partial charge on any atom is 0.250 e. The third kappa shape index (κ3) is 6.07. The van der Waals surface area contributed by atoms with E-state index in [9.17, 15) is 9.59 Å². The quantitative estimate of drug-likeness (QED) is 0.163. The second-order valence-electron chi connectivity index (χ2n) is 8.70. The van der Waals surface area contributed by atoms with Gasteiger partial charge >= 0.3 is 0 Å². The normalized spacial score (nSPS) is 11.2. The molecule has 0 saturated carbocycles.